The lowest BCUT2D eigenvalue weighted by Crippen LogP contribution is -2.28. The number of hydrogen-bond donors (Lipinski definition) is 1. The van der Waals surface area contributed by atoms with Crippen LogP contribution in [0.2, 0.25) is 0 Å². The summed E-state index contributed by atoms with van der Waals surface area (Å²) in [5.41, 5.74) is 19.6. The van der Waals surface area contributed by atoms with Crippen molar-refractivity contribution in [3.8, 4) is 0 Å². The summed E-state index contributed by atoms with van der Waals surface area (Å²) in [6.45, 7) is 24.0. The number of ketones is 2. The highest BCUT2D eigenvalue weighted by Crippen LogP contribution is 2.26. The minimum Gasteiger partial charge on any atom is -0.491 e. The van der Waals surface area contributed by atoms with Gasteiger partial charge in [0.2, 0.25) is 11.6 Å². The van der Waals surface area contributed by atoms with E-state index in [-0.39, 0.29) is 23.0 Å². The number of rotatable bonds is 27. The molecular weight excluding hydrogens is 699 g/mol. The predicted octanol–water partition coefficient (Wildman–Crippen LogP) is 15.4. The Morgan fingerprint density at radius 2 is 0.702 bits per heavy atom. The maximum atomic E-state index is 12.7. The van der Waals surface area contributed by atoms with Crippen molar-refractivity contribution >= 4 is 11.6 Å². The van der Waals surface area contributed by atoms with Crippen LogP contribution >= 0.6 is 0 Å². The van der Waals surface area contributed by atoms with Crippen molar-refractivity contribution in [2.24, 2.45) is 5.73 Å². The lowest BCUT2D eigenvalue weighted by atomic mass is 9.90. The Labute approximate surface area is 350 Å². The first-order valence-electron chi connectivity index (χ1n) is 21.8. The van der Waals surface area contributed by atoms with E-state index in [4.69, 9.17) is 10.5 Å². The summed E-state index contributed by atoms with van der Waals surface area (Å²) in [5, 5.41) is 0. The molecule has 0 aromatic rings. The van der Waals surface area contributed by atoms with Crippen LogP contribution < -0.4 is 5.73 Å². The molecule has 0 amide bonds. The van der Waals surface area contributed by atoms with Crippen LogP contribution in [0.15, 0.2) is 127 Å². The second-order valence-electron chi connectivity index (χ2n) is 16.9. The second kappa shape index (κ2) is 29.3. The predicted molar refractivity (Wildman–Crippen MR) is 249 cm³/mol. The molecule has 0 radical (unpaired) electrons. The third kappa shape index (κ3) is 23.2. The van der Waals surface area contributed by atoms with Crippen LogP contribution in [0.3, 0.4) is 0 Å². The molecule has 1 aliphatic carbocycles. The minimum absolute atomic E-state index is 0.0413. The topological polar surface area (TPSA) is 69.4 Å². The normalized spacial score (nSPS) is 16.0. The summed E-state index contributed by atoms with van der Waals surface area (Å²) in [6.07, 6.45) is 39.5. The molecule has 1 aliphatic rings. The summed E-state index contributed by atoms with van der Waals surface area (Å²) in [5.74, 6) is -0.646. The zero-order chi connectivity index (χ0) is 42.8. The van der Waals surface area contributed by atoms with Crippen LogP contribution in [0, 0.1) is 0 Å². The average molecular weight is 780 g/mol. The van der Waals surface area contributed by atoms with Crippen molar-refractivity contribution in [3.05, 3.63) is 127 Å². The number of methoxy groups -OCH3 is 1. The van der Waals surface area contributed by atoms with Crippen molar-refractivity contribution in [3.63, 3.8) is 0 Å². The van der Waals surface area contributed by atoms with Gasteiger partial charge in [0.1, 0.15) is 5.70 Å². The Bertz CT molecular complexity index is 1670. The summed E-state index contributed by atoms with van der Waals surface area (Å²) >= 11 is 0. The average Bonchev–Trinajstić information content (AvgIpc) is 3.14. The molecule has 0 spiro atoms. The lowest BCUT2D eigenvalue weighted by Gasteiger charge is -2.18. The molecule has 0 unspecified atom stereocenters. The molecule has 57 heavy (non-hydrogen) atoms. The van der Waals surface area contributed by atoms with E-state index in [0.717, 1.165) is 89.9 Å². The molecule has 0 atom stereocenters. The molecule has 4 nitrogen and oxygen atoms in total. The number of allylic oxidation sites excluding steroid dienone is 20. The van der Waals surface area contributed by atoms with E-state index in [1.165, 1.54) is 70.1 Å². The van der Waals surface area contributed by atoms with Gasteiger partial charge in [0.25, 0.3) is 0 Å². The number of ether oxygens (including phenoxy) is 1. The maximum absolute atomic E-state index is 12.7. The Morgan fingerprint density at radius 3 is 0.965 bits per heavy atom. The van der Waals surface area contributed by atoms with Crippen molar-refractivity contribution in [1.82, 2.24) is 0 Å². The fourth-order valence-corrected chi connectivity index (χ4v) is 6.83. The highest BCUT2D eigenvalue weighted by molar-refractivity contribution is 6.23. The molecule has 0 saturated heterocycles. The first-order valence-corrected chi connectivity index (χ1v) is 21.8. The van der Waals surface area contributed by atoms with Crippen molar-refractivity contribution in [2.75, 3.05) is 7.11 Å². The van der Waals surface area contributed by atoms with Gasteiger partial charge in [0.15, 0.2) is 5.76 Å². The second-order valence-corrected chi connectivity index (χ2v) is 16.9. The van der Waals surface area contributed by atoms with E-state index in [1.807, 2.05) is 6.08 Å². The molecule has 1 rings (SSSR count). The summed E-state index contributed by atoms with van der Waals surface area (Å²) in [4.78, 5) is 25.1. The molecular formula is C53H81NO3. The van der Waals surface area contributed by atoms with Gasteiger partial charge in [0.05, 0.1) is 7.11 Å². The minimum atomic E-state index is -0.318. The molecule has 0 bridgehead atoms. The van der Waals surface area contributed by atoms with Crippen LogP contribution in [0.25, 0.3) is 0 Å². The largest absolute Gasteiger partial charge is 0.491 e. The van der Waals surface area contributed by atoms with Crippen molar-refractivity contribution in [1.29, 1.82) is 0 Å². The maximum Gasteiger partial charge on any atom is 0.226 e. The van der Waals surface area contributed by atoms with Gasteiger partial charge >= 0.3 is 0 Å². The Hall–Kier alpha value is -3.92. The van der Waals surface area contributed by atoms with E-state index < -0.39 is 0 Å². The summed E-state index contributed by atoms with van der Waals surface area (Å²) in [7, 11) is 1.37. The number of carbonyl (C=O) groups excluding carboxylic acids is 2. The number of Topliss-reactive ketones (excluding diaryl/α,β-unsaturated/α-hetero) is 2. The SMILES string of the molecule is COC1=C(N)C(=O)C(C)=C(CC=C(C)CCC=C(C)CCC=C(C)CCC=C(C)CCC=C(C)CCC=C(C)CCC=C(C)CCC=C(C)CCC=C(C)C)C1=O. The van der Waals surface area contributed by atoms with Crippen LogP contribution in [0.4, 0.5) is 0 Å². The highest BCUT2D eigenvalue weighted by atomic mass is 16.5. The van der Waals surface area contributed by atoms with Gasteiger partial charge in [0, 0.05) is 11.1 Å². The van der Waals surface area contributed by atoms with Gasteiger partial charge < -0.3 is 10.5 Å². The van der Waals surface area contributed by atoms with Crippen LogP contribution in [0.1, 0.15) is 185 Å². The molecule has 0 aliphatic heterocycles. The monoisotopic (exact) mass is 780 g/mol. The van der Waals surface area contributed by atoms with Gasteiger partial charge in [-0.2, -0.15) is 0 Å². The number of hydrogen-bond acceptors (Lipinski definition) is 4. The third-order valence-corrected chi connectivity index (χ3v) is 10.9. The molecule has 2 N–H and O–H groups in total. The molecule has 0 heterocycles. The third-order valence-electron chi connectivity index (χ3n) is 10.9. The standard InChI is InChI=1S/C53H81NO3/c1-39(2)21-13-22-40(3)23-14-24-41(4)25-15-26-42(5)27-16-28-43(6)29-17-30-44(7)31-18-32-45(8)33-19-34-46(9)35-20-36-47(10)37-38-49-48(11)51(55)50(54)53(57-12)52(49)56/h21,23,25,27,29,31,33,35,37H,13-20,22,24,26,28,30,32,34,36,38,54H2,1-12H3. The first kappa shape index (κ1) is 51.1. The Kier molecular flexibility index (Phi) is 26.3. The van der Waals surface area contributed by atoms with Crippen molar-refractivity contribution in [2.45, 2.75) is 185 Å². The number of nitrogens with two attached hydrogens (primary N) is 1. The zero-order valence-corrected chi connectivity index (χ0v) is 38.5. The van der Waals surface area contributed by atoms with E-state index in [1.54, 1.807) is 6.92 Å². The van der Waals surface area contributed by atoms with Gasteiger partial charge in [-0.1, -0.05) is 105 Å². The fourth-order valence-electron chi connectivity index (χ4n) is 6.83. The van der Waals surface area contributed by atoms with Crippen molar-refractivity contribution < 1.29 is 14.3 Å². The Balaban J connectivity index is 2.31. The van der Waals surface area contributed by atoms with Crippen LogP contribution in [0.5, 0.6) is 0 Å². The van der Waals surface area contributed by atoms with E-state index in [0.29, 0.717) is 17.6 Å². The zero-order valence-electron chi connectivity index (χ0n) is 38.5. The molecule has 316 valence electrons. The smallest absolute Gasteiger partial charge is 0.226 e. The number of carbonyl (C=O) groups is 2. The molecule has 4 heteroatoms. The molecule has 0 saturated carbocycles. The van der Waals surface area contributed by atoms with E-state index >= 15 is 0 Å². The Morgan fingerprint density at radius 1 is 0.439 bits per heavy atom. The summed E-state index contributed by atoms with van der Waals surface area (Å²) < 4.78 is 5.11. The van der Waals surface area contributed by atoms with Gasteiger partial charge in [-0.05, 0) is 185 Å². The fraction of sp³-hybridized carbons (Fsp3) is 0.547. The lowest BCUT2D eigenvalue weighted by molar-refractivity contribution is -0.118. The quantitative estimate of drug-likeness (QED) is 0.0666. The highest BCUT2D eigenvalue weighted by Gasteiger charge is 2.31. The molecule has 0 aromatic carbocycles. The van der Waals surface area contributed by atoms with Gasteiger partial charge in [-0.15, -0.1) is 0 Å². The van der Waals surface area contributed by atoms with E-state index in [9.17, 15) is 9.59 Å². The first-order chi connectivity index (χ1) is 27.0. The summed E-state index contributed by atoms with van der Waals surface area (Å²) in [6, 6.07) is 0. The van der Waals surface area contributed by atoms with Crippen LogP contribution in [-0.2, 0) is 14.3 Å². The molecule has 0 fully saturated rings. The molecule has 0 aromatic heterocycles. The van der Waals surface area contributed by atoms with Gasteiger partial charge in [-0.3, -0.25) is 9.59 Å². The van der Waals surface area contributed by atoms with E-state index in [2.05, 4.69) is 118 Å². The van der Waals surface area contributed by atoms with Crippen LogP contribution in [-0.4, -0.2) is 18.7 Å². The van der Waals surface area contributed by atoms with Gasteiger partial charge in [-0.25, -0.2) is 0 Å².